The Morgan fingerprint density at radius 3 is 3.06 bits per heavy atom. The van der Waals surface area contributed by atoms with E-state index in [9.17, 15) is 0 Å². The van der Waals surface area contributed by atoms with Gasteiger partial charge in [0, 0.05) is 30.1 Å². The van der Waals surface area contributed by atoms with Gasteiger partial charge < -0.3 is 5.73 Å². The maximum atomic E-state index is 6.15. The minimum absolute atomic E-state index is 0.538. The number of anilines is 1. The van der Waals surface area contributed by atoms with E-state index >= 15 is 0 Å². The minimum atomic E-state index is 0.538. The summed E-state index contributed by atoms with van der Waals surface area (Å²) in [5.41, 5.74) is 6.59. The van der Waals surface area contributed by atoms with Gasteiger partial charge in [-0.1, -0.05) is 18.5 Å². The SMILES string of the molecule is CC1SCCN(Cc2nc(N)ccc2Cl)C1C. The highest BCUT2D eigenvalue weighted by Gasteiger charge is 2.25. The zero-order chi connectivity index (χ0) is 12.4. The molecule has 0 aromatic carbocycles. The average molecular weight is 272 g/mol. The molecule has 1 aliphatic rings. The van der Waals surface area contributed by atoms with Crippen LogP contribution in [-0.2, 0) is 6.54 Å². The molecule has 1 aromatic heterocycles. The molecule has 94 valence electrons. The highest BCUT2D eigenvalue weighted by Crippen LogP contribution is 2.26. The Morgan fingerprint density at radius 2 is 2.29 bits per heavy atom. The second kappa shape index (κ2) is 5.46. The van der Waals surface area contributed by atoms with E-state index in [2.05, 4.69) is 23.7 Å². The summed E-state index contributed by atoms with van der Waals surface area (Å²) in [5.74, 6) is 1.71. The fraction of sp³-hybridized carbons (Fsp3) is 0.583. The predicted molar refractivity (Wildman–Crippen MR) is 75.5 cm³/mol. The maximum Gasteiger partial charge on any atom is 0.123 e. The van der Waals surface area contributed by atoms with Crippen LogP contribution in [0.2, 0.25) is 5.02 Å². The van der Waals surface area contributed by atoms with Crippen molar-refractivity contribution in [3.63, 3.8) is 0 Å². The summed E-state index contributed by atoms with van der Waals surface area (Å²) in [4.78, 5) is 6.75. The van der Waals surface area contributed by atoms with Gasteiger partial charge in [-0.15, -0.1) is 0 Å². The highest BCUT2D eigenvalue weighted by atomic mass is 35.5. The number of hydrogen-bond donors (Lipinski definition) is 1. The number of thioether (sulfide) groups is 1. The van der Waals surface area contributed by atoms with Crippen molar-refractivity contribution in [3.8, 4) is 0 Å². The van der Waals surface area contributed by atoms with Crippen molar-refractivity contribution in [2.24, 2.45) is 0 Å². The van der Waals surface area contributed by atoms with Crippen molar-refractivity contribution in [2.45, 2.75) is 31.7 Å². The molecule has 1 fully saturated rings. The van der Waals surface area contributed by atoms with Gasteiger partial charge in [0.25, 0.3) is 0 Å². The van der Waals surface area contributed by atoms with Crippen molar-refractivity contribution in [2.75, 3.05) is 18.0 Å². The summed E-state index contributed by atoms with van der Waals surface area (Å²) < 4.78 is 0. The van der Waals surface area contributed by atoms with Gasteiger partial charge in [0.05, 0.1) is 10.7 Å². The minimum Gasteiger partial charge on any atom is -0.384 e. The number of nitrogens with two attached hydrogens (primary N) is 1. The van der Waals surface area contributed by atoms with Gasteiger partial charge in [0.2, 0.25) is 0 Å². The van der Waals surface area contributed by atoms with Crippen LogP contribution in [0.5, 0.6) is 0 Å². The molecular weight excluding hydrogens is 254 g/mol. The van der Waals surface area contributed by atoms with Crippen LogP contribution in [0.3, 0.4) is 0 Å². The largest absolute Gasteiger partial charge is 0.384 e. The molecule has 5 heteroatoms. The molecule has 2 rings (SSSR count). The summed E-state index contributed by atoms with van der Waals surface area (Å²) in [7, 11) is 0. The molecule has 1 aliphatic heterocycles. The smallest absolute Gasteiger partial charge is 0.123 e. The van der Waals surface area contributed by atoms with Crippen molar-refractivity contribution in [3.05, 3.63) is 22.8 Å². The van der Waals surface area contributed by atoms with Crippen molar-refractivity contribution >= 4 is 29.2 Å². The van der Waals surface area contributed by atoms with Crippen LogP contribution in [0.1, 0.15) is 19.5 Å². The molecule has 1 saturated heterocycles. The van der Waals surface area contributed by atoms with Gasteiger partial charge in [-0.3, -0.25) is 4.90 Å². The molecule has 1 aromatic rings. The predicted octanol–water partition coefficient (Wildman–Crippen LogP) is 2.64. The van der Waals surface area contributed by atoms with Gasteiger partial charge in [0.15, 0.2) is 0 Å². The van der Waals surface area contributed by atoms with Crippen molar-refractivity contribution < 1.29 is 0 Å². The summed E-state index contributed by atoms with van der Waals surface area (Å²) in [6.45, 7) is 6.41. The second-order valence-corrected chi connectivity index (χ2v) is 6.34. The van der Waals surface area contributed by atoms with Crippen LogP contribution in [-0.4, -0.2) is 33.5 Å². The van der Waals surface area contributed by atoms with Crippen LogP contribution < -0.4 is 5.73 Å². The van der Waals surface area contributed by atoms with Gasteiger partial charge in [-0.2, -0.15) is 11.8 Å². The lowest BCUT2D eigenvalue weighted by Crippen LogP contribution is -2.44. The molecule has 2 atom stereocenters. The molecule has 0 amide bonds. The Bertz CT molecular complexity index is 399. The number of pyridine rings is 1. The van der Waals surface area contributed by atoms with Crippen LogP contribution in [0.25, 0.3) is 0 Å². The van der Waals surface area contributed by atoms with E-state index in [1.54, 1.807) is 6.07 Å². The van der Waals surface area contributed by atoms with Crippen LogP contribution in [0.15, 0.2) is 12.1 Å². The fourth-order valence-electron chi connectivity index (χ4n) is 2.02. The molecule has 0 saturated carbocycles. The first-order valence-corrected chi connectivity index (χ1v) is 7.27. The third-order valence-electron chi connectivity index (χ3n) is 3.31. The molecule has 3 nitrogen and oxygen atoms in total. The summed E-state index contributed by atoms with van der Waals surface area (Å²) in [6, 6.07) is 4.11. The Morgan fingerprint density at radius 1 is 1.53 bits per heavy atom. The lowest BCUT2D eigenvalue weighted by molar-refractivity contribution is 0.202. The lowest BCUT2D eigenvalue weighted by Gasteiger charge is -2.37. The molecule has 2 unspecified atom stereocenters. The number of nitrogens with zero attached hydrogens (tertiary/aromatic N) is 2. The van der Waals surface area contributed by atoms with E-state index in [0.29, 0.717) is 22.1 Å². The molecule has 0 spiro atoms. The number of rotatable bonds is 2. The fourth-order valence-corrected chi connectivity index (χ4v) is 3.35. The molecule has 2 heterocycles. The first kappa shape index (κ1) is 13.0. The summed E-state index contributed by atoms with van der Waals surface area (Å²) in [5, 5.41) is 1.36. The molecular formula is C12H18ClN3S. The molecule has 0 aliphatic carbocycles. The van der Waals surface area contributed by atoms with E-state index in [-0.39, 0.29) is 0 Å². The van der Waals surface area contributed by atoms with E-state index in [1.807, 2.05) is 17.8 Å². The van der Waals surface area contributed by atoms with Crippen molar-refractivity contribution in [1.82, 2.24) is 9.88 Å². The van der Waals surface area contributed by atoms with Crippen LogP contribution in [0.4, 0.5) is 5.82 Å². The molecule has 0 bridgehead atoms. The van der Waals surface area contributed by atoms with Gasteiger partial charge in [-0.25, -0.2) is 4.98 Å². The topological polar surface area (TPSA) is 42.2 Å². The van der Waals surface area contributed by atoms with E-state index in [0.717, 1.165) is 18.8 Å². The third kappa shape index (κ3) is 3.06. The third-order valence-corrected chi connectivity index (χ3v) is 4.99. The van der Waals surface area contributed by atoms with Gasteiger partial charge in [0.1, 0.15) is 5.82 Å². The summed E-state index contributed by atoms with van der Waals surface area (Å²) in [6.07, 6.45) is 0. The number of halogens is 1. The second-order valence-electron chi connectivity index (χ2n) is 4.45. The molecule has 2 N–H and O–H groups in total. The Balaban J connectivity index is 2.11. The van der Waals surface area contributed by atoms with Gasteiger partial charge >= 0.3 is 0 Å². The quantitative estimate of drug-likeness (QED) is 0.898. The number of hydrogen-bond acceptors (Lipinski definition) is 4. The Labute approximate surface area is 112 Å². The average Bonchev–Trinajstić information content (AvgIpc) is 2.30. The maximum absolute atomic E-state index is 6.15. The van der Waals surface area contributed by atoms with Crippen LogP contribution >= 0.6 is 23.4 Å². The first-order chi connectivity index (χ1) is 8.08. The zero-order valence-electron chi connectivity index (χ0n) is 10.2. The van der Waals surface area contributed by atoms with Gasteiger partial charge in [-0.05, 0) is 19.1 Å². The normalized spacial score (nSPS) is 26.1. The van der Waals surface area contributed by atoms with E-state index in [4.69, 9.17) is 17.3 Å². The molecule has 0 radical (unpaired) electrons. The Kier molecular flexibility index (Phi) is 4.17. The highest BCUT2D eigenvalue weighted by molar-refractivity contribution is 8.00. The standard InChI is InChI=1S/C12H18ClN3S/c1-8-9(2)17-6-5-16(8)7-11-10(13)3-4-12(14)15-11/h3-4,8-9H,5-7H2,1-2H3,(H2,14,15). The van der Waals surface area contributed by atoms with E-state index < -0.39 is 0 Å². The zero-order valence-corrected chi connectivity index (χ0v) is 11.8. The van der Waals surface area contributed by atoms with Crippen molar-refractivity contribution in [1.29, 1.82) is 0 Å². The lowest BCUT2D eigenvalue weighted by atomic mass is 10.2. The number of nitrogen functional groups attached to an aromatic ring is 1. The molecule has 17 heavy (non-hydrogen) atoms. The first-order valence-electron chi connectivity index (χ1n) is 5.84. The van der Waals surface area contributed by atoms with Crippen LogP contribution in [0, 0.1) is 0 Å². The number of aromatic nitrogens is 1. The Hall–Kier alpha value is -0.450. The monoisotopic (exact) mass is 271 g/mol. The van der Waals surface area contributed by atoms with E-state index in [1.165, 1.54) is 5.75 Å². The summed E-state index contributed by atoms with van der Waals surface area (Å²) >= 11 is 8.18.